The summed E-state index contributed by atoms with van der Waals surface area (Å²) >= 11 is 0. The summed E-state index contributed by atoms with van der Waals surface area (Å²) < 4.78 is 0. The molecule has 2 aromatic carbocycles. The Bertz CT molecular complexity index is 422. The molecule has 17 heavy (non-hydrogen) atoms. The highest BCUT2D eigenvalue weighted by Gasteiger charge is 2.00. The molecule has 0 N–H and O–H groups in total. The first kappa shape index (κ1) is 11.9. The molecule has 0 atom stereocenters. The van der Waals surface area contributed by atoms with Gasteiger partial charge in [-0.15, -0.1) is 0 Å². The van der Waals surface area contributed by atoms with Crippen molar-refractivity contribution in [3.8, 4) is 0 Å². The fourth-order valence-electron chi connectivity index (χ4n) is 1.81. The van der Waals surface area contributed by atoms with Gasteiger partial charge in [-0.3, -0.25) is 0 Å². The van der Waals surface area contributed by atoms with Crippen LogP contribution in [0.15, 0.2) is 60.7 Å². The van der Waals surface area contributed by atoms with Gasteiger partial charge in [0.2, 0.25) is 0 Å². The third-order valence-corrected chi connectivity index (χ3v) is 2.73. The van der Waals surface area contributed by atoms with E-state index < -0.39 is 0 Å². The van der Waals surface area contributed by atoms with Gasteiger partial charge in [0.15, 0.2) is 0 Å². The van der Waals surface area contributed by atoms with Crippen molar-refractivity contribution in [1.82, 2.24) is 4.90 Å². The number of hydrogen-bond acceptors (Lipinski definition) is 1. The van der Waals surface area contributed by atoms with Crippen LogP contribution in [-0.2, 0) is 6.54 Å². The van der Waals surface area contributed by atoms with E-state index in [9.17, 15) is 0 Å². The predicted molar refractivity (Wildman–Crippen MR) is 72.6 cm³/mol. The maximum absolute atomic E-state index is 2.31. The highest BCUT2D eigenvalue weighted by molar-refractivity contribution is 5.23. The van der Waals surface area contributed by atoms with Gasteiger partial charge in [-0.1, -0.05) is 60.7 Å². The topological polar surface area (TPSA) is 3.24 Å². The van der Waals surface area contributed by atoms with Gasteiger partial charge in [0.25, 0.3) is 0 Å². The van der Waals surface area contributed by atoms with Gasteiger partial charge in [0.1, 0.15) is 0 Å². The van der Waals surface area contributed by atoms with E-state index in [0.717, 1.165) is 13.1 Å². The summed E-state index contributed by atoms with van der Waals surface area (Å²) in [6.45, 7) is 1.96. The molecule has 0 saturated carbocycles. The molecule has 1 heteroatoms. The second kappa shape index (κ2) is 6.21. The molecule has 0 aliphatic heterocycles. The summed E-state index contributed by atoms with van der Waals surface area (Å²) in [5.74, 6) is 0. The summed E-state index contributed by atoms with van der Waals surface area (Å²) in [6.07, 6.45) is 2.25. The zero-order chi connectivity index (χ0) is 11.9. The molecule has 0 amide bonds. The molecule has 0 heterocycles. The van der Waals surface area contributed by atoms with Crippen LogP contribution < -0.4 is 0 Å². The first-order chi connectivity index (χ1) is 8.34. The smallest absolute Gasteiger partial charge is 0.0230 e. The van der Waals surface area contributed by atoms with Crippen molar-refractivity contribution in [1.29, 1.82) is 0 Å². The second-order valence-corrected chi connectivity index (χ2v) is 4.30. The van der Waals surface area contributed by atoms with E-state index in [4.69, 9.17) is 0 Å². The summed E-state index contributed by atoms with van der Waals surface area (Å²) in [5.41, 5.74) is 2.64. The third-order valence-electron chi connectivity index (χ3n) is 2.73. The number of hydrogen-bond donors (Lipinski definition) is 0. The Morgan fingerprint density at radius 2 is 1.47 bits per heavy atom. The molecule has 0 aromatic heterocycles. The Morgan fingerprint density at radius 1 is 0.882 bits per heavy atom. The maximum Gasteiger partial charge on any atom is 0.0230 e. The molecule has 1 nitrogen and oxygen atoms in total. The van der Waals surface area contributed by atoms with E-state index in [1.807, 2.05) is 6.07 Å². The first-order valence-corrected chi connectivity index (χ1v) is 5.95. The summed E-state index contributed by atoms with van der Waals surface area (Å²) in [5, 5.41) is 0. The Labute approximate surface area is 104 Å². The first-order valence-electron chi connectivity index (χ1n) is 5.95. The highest BCUT2D eigenvalue weighted by Crippen LogP contribution is 2.06. The van der Waals surface area contributed by atoms with E-state index in [-0.39, 0.29) is 0 Å². The molecule has 0 aliphatic carbocycles. The number of rotatable bonds is 5. The average molecular weight is 224 g/mol. The number of likely N-dealkylation sites (N-methyl/N-ethyl adjacent to an activating group) is 1. The normalized spacial score (nSPS) is 10.7. The molecule has 2 rings (SSSR count). The van der Waals surface area contributed by atoms with Crippen LogP contribution in [-0.4, -0.2) is 18.5 Å². The lowest BCUT2D eigenvalue weighted by Crippen LogP contribution is -2.19. The maximum atomic E-state index is 2.31. The fourth-order valence-corrected chi connectivity index (χ4v) is 1.81. The largest absolute Gasteiger partial charge is 0.301 e. The highest BCUT2D eigenvalue weighted by atomic mass is 15.1. The van der Waals surface area contributed by atoms with Gasteiger partial charge in [0.05, 0.1) is 0 Å². The van der Waals surface area contributed by atoms with E-state index in [0.29, 0.717) is 0 Å². The summed E-state index contributed by atoms with van der Waals surface area (Å²) in [6, 6.07) is 21.0. The van der Waals surface area contributed by atoms with Crippen molar-refractivity contribution in [2.24, 2.45) is 0 Å². The van der Waals surface area contributed by atoms with Crippen LogP contribution in [0.2, 0.25) is 0 Å². The molecule has 1 radical (unpaired) electrons. The molecule has 0 spiro atoms. The summed E-state index contributed by atoms with van der Waals surface area (Å²) in [7, 11) is 2.15. The Balaban J connectivity index is 1.80. The monoisotopic (exact) mass is 224 g/mol. The van der Waals surface area contributed by atoms with Gasteiger partial charge in [-0.25, -0.2) is 0 Å². The van der Waals surface area contributed by atoms with Crippen LogP contribution in [0.3, 0.4) is 0 Å². The molecule has 0 fully saturated rings. The molecule has 87 valence electrons. The van der Waals surface area contributed by atoms with Gasteiger partial charge in [-0.05, 0) is 18.2 Å². The van der Waals surface area contributed by atoms with Crippen molar-refractivity contribution < 1.29 is 0 Å². The minimum atomic E-state index is 0.971. The summed E-state index contributed by atoms with van der Waals surface area (Å²) in [4.78, 5) is 2.31. The van der Waals surface area contributed by atoms with Crippen LogP contribution in [0.4, 0.5) is 0 Å². The molecule has 2 aromatic rings. The minimum absolute atomic E-state index is 0.971. The zero-order valence-corrected chi connectivity index (χ0v) is 10.2. The Hall–Kier alpha value is -1.60. The second-order valence-electron chi connectivity index (χ2n) is 4.30. The van der Waals surface area contributed by atoms with E-state index in [1.165, 1.54) is 11.1 Å². The Kier molecular flexibility index (Phi) is 4.34. The quantitative estimate of drug-likeness (QED) is 0.752. The SMILES string of the molecule is CN(C[CH]c1ccccc1)Cc1ccccc1. The fraction of sp³-hybridized carbons (Fsp3) is 0.188. The molecule has 0 aliphatic rings. The van der Waals surface area contributed by atoms with E-state index >= 15 is 0 Å². The third kappa shape index (κ3) is 4.04. The van der Waals surface area contributed by atoms with Crippen LogP contribution >= 0.6 is 0 Å². The standard InChI is InChI=1S/C16H18N/c1-17(14-16-10-6-3-7-11-16)13-12-15-8-4-2-5-9-15/h2-12H,13-14H2,1H3. The molecular formula is C16H18N. The lowest BCUT2D eigenvalue weighted by molar-refractivity contribution is 0.355. The van der Waals surface area contributed by atoms with Crippen molar-refractivity contribution >= 4 is 0 Å². The van der Waals surface area contributed by atoms with Crippen LogP contribution in [0.5, 0.6) is 0 Å². The van der Waals surface area contributed by atoms with Crippen LogP contribution in [0, 0.1) is 6.42 Å². The van der Waals surface area contributed by atoms with Crippen molar-refractivity contribution in [3.63, 3.8) is 0 Å². The van der Waals surface area contributed by atoms with Gasteiger partial charge in [-0.2, -0.15) is 0 Å². The molecule has 0 unspecified atom stereocenters. The molecule has 0 bridgehead atoms. The van der Waals surface area contributed by atoms with Crippen molar-refractivity contribution in [3.05, 3.63) is 78.2 Å². The lowest BCUT2D eigenvalue weighted by Gasteiger charge is -2.16. The zero-order valence-electron chi connectivity index (χ0n) is 10.2. The van der Waals surface area contributed by atoms with Crippen LogP contribution in [0.25, 0.3) is 0 Å². The predicted octanol–water partition coefficient (Wildman–Crippen LogP) is 3.37. The van der Waals surface area contributed by atoms with Gasteiger partial charge < -0.3 is 4.90 Å². The van der Waals surface area contributed by atoms with E-state index in [2.05, 4.69) is 73.0 Å². The minimum Gasteiger partial charge on any atom is -0.301 e. The number of benzene rings is 2. The van der Waals surface area contributed by atoms with E-state index in [1.54, 1.807) is 0 Å². The van der Waals surface area contributed by atoms with Crippen molar-refractivity contribution in [2.75, 3.05) is 13.6 Å². The number of nitrogens with zero attached hydrogens (tertiary/aromatic N) is 1. The van der Waals surface area contributed by atoms with Gasteiger partial charge in [0, 0.05) is 19.5 Å². The average Bonchev–Trinajstić information content (AvgIpc) is 2.39. The lowest BCUT2D eigenvalue weighted by atomic mass is 10.1. The molecule has 0 saturated heterocycles. The molecular weight excluding hydrogens is 206 g/mol. The van der Waals surface area contributed by atoms with Crippen molar-refractivity contribution in [2.45, 2.75) is 6.54 Å². The Morgan fingerprint density at radius 3 is 2.12 bits per heavy atom. The van der Waals surface area contributed by atoms with Gasteiger partial charge >= 0.3 is 0 Å². The van der Waals surface area contributed by atoms with Crippen LogP contribution in [0.1, 0.15) is 11.1 Å².